The molecule has 0 atom stereocenters. The summed E-state index contributed by atoms with van der Waals surface area (Å²) in [5, 5.41) is 73.8. The summed E-state index contributed by atoms with van der Waals surface area (Å²) in [5.74, 6) is 0. The minimum atomic E-state index is -1.75. The van der Waals surface area contributed by atoms with Crippen LogP contribution < -0.4 is 29.6 Å². The first kappa shape index (κ1) is 42.7. The van der Waals surface area contributed by atoms with Crippen molar-refractivity contribution in [2.24, 2.45) is 0 Å². The van der Waals surface area contributed by atoms with E-state index in [2.05, 4.69) is 0 Å². The number of hydrogen-bond donors (Lipinski definition) is 0. The van der Waals surface area contributed by atoms with E-state index in [4.69, 9.17) is 76.6 Å². The van der Waals surface area contributed by atoms with Crippen LogP contribution >= 0.6 is 0 Å². The van der Waals surface area contributed by atoms with Crippen molar-refractivity contribution in [1.29, 1.82) is 0 Å². The van der Waals surface area contributed by atoms with Gasteiger partial charge in [-0.05, 0) is 0 Å². The normalized spacial score (nSPS) is 5.45. The summed E-state index contributed by atoms with van der Waals surface area (Å²) in [6, 6.07) is 0. The molecule has 0 saturated heterocycles. The average Bonchev–Trinajstić information content (AvgIpc) is 1.94. The van der Waals surface area contributed by atoms with Crippen LogP contribution in [-0.4, -0.2) is 25.4 Å². The number of hydrogen-bond acceptors (Lipinski definition) is 15. The van der Waals surface area contributed by atoms with E-state index in [1.165, 1.54) is 0 Å². The summed E-state index contributed by atoms with van der Waals surface area (Å²) >= 11 is 0. The molecule has 0 fully saturated rings. The van der Waals surface area contributed by atoms with Gasteiger partial charge in [-0.25, -0.2) is 0 Å². The Hall–Kier alpha value is -1.68. The maximum Gasteiger partial charge on any atom is 4.00 e. The minimum absolute atomic E-state index is 0. The molecule has 0 aromatic carbocycles. The van der Waals surface area contributed by atoms with Crippen LogP contribution in [0, 0.1) is 117 Å². The largest absolute Gasteiger partial charge is 4.00 e. The Bertz CT molecular complexity index is 213. The van der Waals surface area contributed by atoms with Crippen LogP contribution in [0.2, 0.25) is 0 Å². The molecule has 0 saturated carbocycles. The minimum Gasteiger partial charge on any atom is -0.356 e. The Morgan fingerprint density at radius 2 is 0.364 bits per heavy atom. The SMILES string of the molecule is O=[N+]([O-])[O-].O=[N+]([O-])[O-].O=[N+]([O-])[O-].O=[N+]([O-])[O-].O=[N+]([O-])[O-].[Na+].[Th+4]. The van der Waals surface area contributed by atoms with Crippen molar-refractivity contribution < 1.29 is 94.9 Å². The van der Waals surface area contributed by atoms with Gasteiger partial charge < -0.3 is 76.6 Å². The fraction of sp³-hybridized carbons (Fsp3) is 0. The molecule has 0 aliphatic rings. The molecule has 22 heteroatoms. The van der Waals surface area contributed by atoms with Gasteiger partial charge in [-0.15, -0.1) is 0 Å². The van der Waals surface area contributed by atoms with Crippen molar-refractivity contribution in [3.8, 4) is 0 Å². The van der Waals surface area contributed by atoms with E-state index in [1.807, 2.05) is 0 Å². The van der Waals surface area contributed by atoms with Crippen molar-refractivity contribution in [3.05, 3.63) is 76.6 Å². The Kier molecular flexibility index (Phi) is 71.0. The van der Waals surface area contributed by atoms with Gasteiger partial charge in [0, 0.05) is 0 Å². The molecule has 0 heterocycles. The zero-order valence-corrected chi connectivity index (χ0v) is 16.0. The average molecular weight is 565 g/mol. The Labute approximate surface area is 170 Å². The molecule has 0 aromatic rings. The topological polar surface area (TPSA) is 331 Å². The molecule has 0 aliphatic carbocycles. The van der Waals surface area contributed by atoms with Crippen LogP contribution in [0.1, 0.15) is 0 Å². The van der Waals surface area contributed by atoms with Gasteiger partial charge in [0.05, 0.1) is 25.4 Å². The van der Waals surface area contributed by atoms with Crippen molar-refractivity contribution in [3.63, 3.8) is 0 Å². The van der Waals surface area contributed by atoms with Gasteiger partial charge in [0.15, 0.2) is 0 Å². The molecule has 0 rings (SSSR count). The van der Waals surface area contributed by atoms with E-state index in [0.717, 1.165) is 0 Å². The quantitative estimate of drug-likeness (QED) is 0.153. The zero-order valence-electron chi connectivity index (χ0n) is 9.86. The first-order chi connectivity index (χ1) is 8.66. The molecule has 0 N–H and O–H groups in total. The molecule has 0 amide bonds. The molecule has 0 radical (unpaired) electrons. The van der Waals surface area contributed by atoms with Gasteiger partial charge in [-0.3, -0.25) is 0 Å². The monoisotopic (exact) mass is 565 g/mol. The third-order valence-corrected chi connectivity index (χ3v) is 0. The first-order valence-corrected chi connectivity index (χ1v) is 2.74. The molecule has 22 heavy (non-hydrogen) atoms. The summed E-state index contributed by atoms with van der Waals surface area (Å²) < 4.78 is 0. The van der Waals surface area contributed by atoms with Crippen LogP contribution in [0.15, 0.2) is 0 Å². The standard InChI is InChI=1S/5NO3.Na.Th/c5*2-1(3)4;;/q5*-1;+1;+4. The van der Waals surface area contributed by atoms with E-state index in [0.29, 0.717) is 0 Å². The maximum atomic E-state index is 8.25. The summed E-state index contributed by atoms with van der Waals surface area (Å²) in [6.45, 7) is 0. The number of nitrogens with zero attached hydrogens (tertiary/aromatic N) is 5. The van der Waals surface area contributed by atoms with E-state index >= 15 is 0 Å². The van der Waals surface area contributed by atoms with Gasteiger partial charge in [0.2, 0.25) is 0 Å². The van der Waals surface area contributed by atoms with Crippen LogP contribution in [0.25, 0.3) is 0 Å². The number of rotatable bonds is 0. The second-order valence-corrected chi connectivity index (χ2v) is 1.12. The van der Waals surface area contributed by atoms with Crippen molar-refractivity contribution in [1.82, 2.24) is 0 Å². The molecular formula is N5NaO15Th. The second-order valence-electron chi connectivity index (χ2n) is 1.12. The van der Waals surface area contributed by atoms with E-state index < -0.39 is 25.4 Å². The Morgan fingerprint density at radius 3 is 0.364 bits per heavy atom. The molecule has 0 aromatic heterocycles. The summed E-state index contributed by atoms with van der Waals surface area (Å²) in [7, 11) is 0. The third kappa shape index (κ3) is 1960. The third-order valence-electron chi connectivity index (χ3n) is 0. The van der Waals surface area contributed by atoms with Crippen molar-refractivity contribution in [2.75, 3.05) is 0 Å². The molecule has 0 unspecified atom stereocenters. The first-order valence-electron chi connectivity index (χ1n) is 2.74. The predicted octanol–water partition coefficient (Wildman–Crippen LogP) is -4.19. The molecule has 0 aliphatic heterocycles. The Morgan fingerprint density at radius 1 is 0.364 bits per heavy atom. The molecule has 120 valence electrons. The Balaban J connectivity index is -0.0000000250. The fourth-order valence-corrected chi connectivity index (χ4v) is 0. The summed E-state index contributed by atoms with van der Waals surface area (Å²) in [5.41, 5.74) is 0. The summed E-state index contributed by atoms with van der Waals surface area (Å²) in [4.78, 5) is 41.2. The van der Waals surface area contributed by atoms with Gasteiger partial charge in [0.1, 0.15) is 0 Å². The molecular weight excluding hydrogens is 565 g/mol. The second kappa shape index (κ2) is 36.5. The van der Waals surface area contributed by atoms with E-state index in [9.17, 15) is 0 Å². The van der Waals surface area contributed by atoms with Crippen LogP contribution in [-0.2, 0) is 0 Å². The van der Waals surface area contributed by atoms with Gasteiger partial charge in [0.25, 0.3) is 0 Å². The van der Waals surface area contributed by atoms with Crippen LogP contribution in [0.3, 0.4) is 0 Å². The zero-order chi connectivity index (χ0) is 17.9. The van der Waals surface area contributed by atoms with Crippen LogP contribution in [0.4, 0.5) is 0 Å². The smallest absolute Gasteiger partial charge is 0.356 e. The fourth-order valence-electron chi connectivity index (χ4n) is 0. The molecule has 20 nitrogen and oxygen atoms in total. The van der Waals surface area contributed by atoms with Crippen LogP contribution in [0.5, 0.6) is 0 Å². The van der Waals surface area contributed by atoms with E-state index in [-0.39, 0.29) is 69.5 Å². The predicted molar refractivity (Wildman–Crippen MR) is 51.8 cm³/mol. The van der Waals surface area contributed by atoms with Crippen molar-refractivity contribution >= 4 is 0 Å². The summed E-state index contributed by atoms with van der Waals surface area (Å²) in [6.07, 6.45) is 0. The van der Waals surface area contributed by atoms with Gasteiger partial charge >= 0.3 is 69.5 Å². The van der Waals surface area contributed by atoms with Gasteiger partial charge in [-0.2, -0.15) is 0 Å². The molecule has 0 bridgehead atoms. The van der Waals surface area contributed by atoms with E-state index in [1.54, 1.807) is 0 Å². The maximum absolute atomic E-state index is 8.25. The van der Waals surface area contributed by atoms with Crippen molar-refractivity contribution in [2.45, 2.75) is 0 Å². The van der Waals surface area contributed by atoms with Gasteiger partial charge in [-0.1, -0.05) is 0 Å². The molecule has 0 spiro atoms.